The summed E-state index contributed by atoms with van der Waals surface area (Å²) in [6, 6.07) is 4.80. The van der Waals surface area contributed by atoms with Crippen LogP contribution in [0.5, 0.6) is 0 Å². The second-order valence-electron chi connectivity index (χ2n) is 3.11. The third-order valence-corrected chi connectivity index (χ3v) is 4.21. The monoisotopic (exact) mass is 344 g/mol. The van der Waals surface area contributed by atoms with E-state index in [-0.39, 0.29) is 4.46 Å². The Bertz CT molecular complexity index is 537. The number of aryl methyl sites for hydroxylation is 1. The molecule has 2 heterocycles. The van der Waals surface area contributed by atoms with Gasteiger partial charge in [0.1, 0.15) is 0 Å². The number of halogens is 4. The first-order valence-electron chi connectivity index (χ1n) is 5.28. The molecule has 0 fully saturated rings. The Morgan fingerprint density at radius 3 is 2.44 bits per heavy atom. The molecule has 0 N–H and O–H groups in total. The standard InChI is InChI=1S/C9H6ClF3N2Se.C2H6/c1-5-8(16-9(11,12)13)6-3-2-4-7(10)15(6)14-5;1-2/h2-4H,1H3;1-2H3. The molecule has 2 aromatic heterocycles. The van der Waals surface area contributed by atoms with Crippen LogP contribution in [0.25, 0.3) is 5.52 Å². The van der Waals surface area contributed by atoms with Gasteiger partial charge in [0.25, 0.3) is 0 Å². The zero-order valence-electron chi connectivity index (χ0n) is 10.0. The first-order chi connectivity index (χ1) is 8.38. The van der Waals surface area contributed by atoms with E-state index in [1.807, 2.05) is 13.8 Å². The topological polar surface area (TPSA) is 17.3 Å². The van der Waals surface area contributed by atoms with E-state index in [0.717, 1.165) is 0 Å². The number of hydrogen-bond acceptors (Lipinski definition) is 1. The molecule has 2 aromatic rings. The summed E-state index contributed by atoms with van der Waals surface area (Å²) in [5.74, 6) is 0. The van der Waals surface area contributed by atoms with Gasteiger partial charge in [-0.05, 0) is 0 Å². The summed E-state index contributed by atoms with van der Waals surface area (Å²) in [5.41, 5.74) is 0.813. The Kier molecular flexibility index (Phi) is 5.08. The normalized spacial score (nSPS) is 11.3. The number of fused-ring (bicyclic) bond motifs is 1. The third-order valence-electron chi connectivity index (χ3n) is 1.95. The van der Waals surface area contributed by atoms with E-state index in [4.69, 9.17) is 11.6 Å². The van der Waals surface area contributed by atoms with E-state index in [1.54, 1.807) is 25.1 Å². The fraction of sp³-hybridized carbons (Fsp3) is 0.364. The summed E-state index contributed by atoms with van der Waals surface area (Å²) >= 11 is 4.25. The molecule has 0 aliphatic rings. The molecule has 2 rings (SSSR count). The Hall–Kier alpha value is -0.711. The van der Waals surface area contributed by atoms with Crippen molar-refractivity contribution < 1.29 is 13.2 Å². The predicted molar refractivity (Wildman–Crippen MR) is 67.7 cm³/mol. The maximum atomic E-state index is 12.4. The molecule has 0 spiro atoms. The van der Waals surface area contributed by atoms with Crippen molar-refractivity contribution in [3.63, 3.8) is 0 Å². The van der Waals surface area contributed by atoms with Gasteiger partial charge in [0.05, 0.1) is 0 Å². The number of pyridine rings is 1. The van der Waals surface area contributed by atoms with Crippen LogP contribution in [0.1, 0.15) is 19.5 Å². The van der Waals surface area contributed by atoms with Gasteiger partial charge in [-0.15, -0.1) is 0 Å². The van der Waals surface area contributed by atoms with Gasteiger partial charge < -0.3 is 0 Å². The van der Waals surface area contributed by atoms with Crippen LogP contribution in [0.4, 0.5) is 13.2 Å². The molecular weight excluding hydrogens is 332 g/mol. The molecule has 0 radical (unpaired) electrons. The summed E-state index contributed by atoms with van der Waals surface area (Å²) in [7, 11) is 0. The van der Waals surface area contributed by atoms with Crippen molar-refractivity contribution in [1.82, 2.24) is 9.61 Å². The Morgan fingerprint density at radius 2 is 1.89 bits per heavy atom. The molecule has 0 aliphatic carbocycles. The Morgan fingerprint density at radius 1 is 1.28 bits per heavy atom. The van der Waals surface area contributed by atoms with Crippen LogP contribution in [0.3, 0.4) is 0 Å². The summed E-state index contributed by atoms with van der Waals surface area (Å²) in [4.78, 5) is 0. The second-order valence-corrected chi connectivity index (χ2v) is 5.75. The van der Waals surface area contributed by atoms with Crippen molar-refractivity contribution in [2.24, 2.45) is 0 Å². The molecule has 0 saturated heterocycles. The van der Waals surface area contributed by atoms with Crippen molar-refractivity contribution >= 4 is 36.5 Å². The Balaban J connectivity index is 0.000000771. The van der Waals surface area contributed by atoms with Gasteiger partial charge >= 0.3 is 100 Å². The SMILES string of the molecule is CC.Cc1nn2c(Cl)cccc2c1[Se]C(F)(F)F. The molecule has 0 aromatic carbocycles. The van der Waals surface area contributed by atoms with Crippen LogP contribution in [0, 0.1) is 6.92 Å². The fourth-order valence-electron chi connectivity index (χ4n) is 1.37. The van der Waals surface area contributed by atoms with Gasteiger partial charge in [-0.1, -0.05) is 13.8 Å². The quantitative estimate of drug-likeness (QED) is 0.574. The molecule has 0 aliphatic heterocycles. The van der Waals surface area contributed by atoms with Gasteiger partial charge in [-0.25, -0.2) is 0 Å². The number of nitrogens with zero attached hydrogens (tertiary/aromatic N) is 2. The van der Waals surface area contributed by atoms with Crippen molar-refractivity contribution in [2.45, 2.75) is 25.8 Å². The second kappa shape index (κ2) is 5.95. The van der Waals surface area contributed by atoms with Crippen LogP contribution in [-0.2, 0) is 0 Å². The minimum atomic E-state index is -4.18. The van der Waals surface area contributed by atoms with Gasteiger partial charge in [-0.2, -0.15) is 0 Å². The number of aromatic nitrogens is 2. The summed E-state index contributed by atoms with van der Waals surface area (Å²) in [5, 5.41) is 0.130. The first-order valence-corrected chi connectivity index (χ1v) is 7.37. The molecule has 100 valence electrons. The van der Waals surface area contributed by atoms with Crippen molar-refractivity contribution in [3.05, 3.63) is 29.0 Å². The zero-order chi connectivity index (χ0) is 13.9. The van der Waals surface area contributed by atoms with E-state index in [1.165, 1.54) is 4.52 Å². The molecule has 7 heteroatoms. The molecule has 0 amide bonds. The predicted octanol–water partition coefficient (Wildman–Crippen LogP) is 3.17. The van der Waals surface area contributed by atoms with E-state index < -0.39 is 20.0 Å². The van der Waals surface area contributed by atoms with Gasteiger partial charge in [0.15, 0.2) is 0 Å². The fourth-order valence-corrected chi connectivity index (χ4v) is 3.00. The average Bonchev–Trinajstić information content (AvgIpc) is 2.59. The van der Waals surface area contributed by atoms with Crippen molar-refractivity contribution in [2.75, 3.05) is 0 Å². The van der Waals surface area contributed by atoms with Crippen LogP contribution >= 0.6 is 11.6 Å². The zero-order valence-corrected chi connectivity index (χ0v) is 12.5. The molecular formula is C11H12ClF3N2Se. The molecule has 0 saturated carbocycles. The van der Waals surface area contributed by atoms with E-state index >= 15 is 0 Å². The third kappa shape index (κ3) is 3.40. The summed E-state index contributed by atoms with van der Waals surface area (Å²) in [6.07, 6.45) is 0. The van der Waals surface area contributed by atoms with Crippen LogP contribution < -0.4 is 4.46 Å². The molecule has 2 nitrogen and oxygen atoms in total. The number of alkyl halides is 3. The van der Waals surface area contributed by atoms with Gasteiger partial charge in [0.2, 0.25) is 0 Å². The van der Waals surface area contributed by atoms with E-state index in [9.17, 15) is 13.2 Å². The van der Waals surface area contributed by atoms with Crippen LogP contribution in [-0.4, -0.2) is 29.6 Å². The number of hydrogen-bond donors (Lipinski definition) is 0. The summed E-state index contributed by atoms with van der Waals surface area (Å²) < 4.78 is 38.7. The summed E-state index contributed by atoms with van der Waals surface area (Å²) in [6.45, 7) is 5.56. The van der Waals surface area contributed by atoms with Crippen LogP contribution in [0.2, 0.25) is 5.15 Å². The molecule has 0 bridgehead atoms. The first kappa shape index (κ1) is 15.3. The van der Waals surface area contributed by atoms with Crippen molar-refractivity contribution in [1.29, 1.82) is 0 Å². The number of rotatable bonds is 1. The van der Waals surface area contributed by atoms with Crippen molar-refractivity contribution in [3.8, 4) is 0 Å². The van der Waals surface area contributed by atoms with E-state index in [2.05, 4.69) is 5.10 Å². The Labute approximate surface area is 114 Å². The molecule has 0 atom stereocenters. The molecule has 18 heavy (non-hydrogen) atoms. The van der Waals surface area contributed by atoms with Gasteiger partial charge in [0, 0.05) is 0 Å². The maximum absolute atomic E-state index is 12.4. The van der Waals surface area contributed by atoms with Crippen LogP contribution in [0.15, 0.2) is 18.2 Å². The average molecular weight is 344 g/mol. The molecule has 0 unspecified atom stereocenters. The minimum absolute atomic E-state index is 0.238. The van der Waals surface area contributed by atoms with E-state index in [0.29, 0.717) is 16.4 Å². The van der Waals surface area contributed by atoms with Gasteiger partial charge in [-0.3, -0.25) is 0 Å².